The normalized spacial score (nSPS) is 12.3. The van der Waals surface area contributed by atoms with Gasteiger partial charge in [-0.15, -0.1) is 6.58 Å². The van der Waals surface area contributed by atoms with Crippen LogP contribution in [0.25, 0.3) is 0 Å². The van der Waals surface area contributed by atoms with E-state index in [0.29, 0.717) is 13.4 Å². The van der Waals surface area contributed by atoms with Crippen LogP contribution in [-0.2, 0) is 16.1 Å². The van der Waals surface area contributed by atoms with Gasteiger partial charge in [-0.3, -0.25) is 0 Å². The molecule has 18 heavy (non-hydrogen) atoms. The molecule has 1 rings (SSSR count). The molecule has 0 aliphatic rings. The maximum atomic E-state index is 5.62. The molecule has 0 N–H and O–H groups in total. The van der Waals surface area contributed by atoms with Crippen LogP contribution in [0.5, 0.6) is 0 Å². The zero-order valence-electron chi connectivity index (χ0n) is 11.3. The predicted octanol–water partition coefficient (Wildman–Crippen LogP) is 4.31. The van der Waals surface area contributed by atoms with Crippen molar-refractivity contribution >= 4 is 0 Å². The molecule has 0 unspecified atom stereocenters. The third kappa shape index (κ3) is 6.58. The van der Waals surface area contributed by atoms with E-state index in [9.17, 15) is 0 Å². The largest absolute Gasteiger partial charge is 0.351 e. The molecular weight excluding hydrogens is 224 g/mol. The van der Waals surface area contributed by atoms with Crippen molar-refractivity contribution in [1.82, 2.24) is 0 Å². The van der Waals surface area contributed by atoms with Crippen LogP contribution in [0.2, 0.25) is 0 Å². The van der Waals surface area contributed by atoms with E-state index in [0.717, 1.165) is 6.42 Å². The molecule has 1 aromatic carbocycles. The Kier molecular flexibility index (Phi) is 8.19. The van der Waals surface area contributed by atoms with Crippen LogP contribution in [0.4, 0.5) is 0 Å². The summed E-state index contributed by atoms with van der Waals surface area (Å²) in [5.74, 6) is 0. The van der Waals surface area contributed by atoms with Gasteiger partial charge in [0.15, 0.2) is 0 Å². The Morgan fingerprint density at radius 2 is 2.00 bits per heavy atom. The summed E-state index contributed by atoms with van der Waals surface area (Å²) in [5.41, 5.74) is 1.17. The SMILES string of the molecule is C=C[C@@H](CCCCC)OCOCc1ccccc1. The van der Waals surface area contributed by atoms with Gasteiger partial charge >= 0.3 is 0 Å². The van der Waals surface area contributed by atoms with Gasteiger partial charge < -0.3 is 9.47 Å². The third-order valence-corrected chi connectivity index (χ3v) is 2.83. The van der Waals surface area contributed by atoms with E-state index in [1.165, 1.54) is 24.8 Å². The summed E-state index contributed by atoms with van der Waals surface area (Å²) in [6.07, 6.45) is 6.68. The van der Waals surface area contributed by atoms with Crippen molar-refractivity contribution < 1.29 is 9.47 Å². The Morgan fingerprint density at radius 1 is 1.22 bits per heavy atom. The summed E-state index contributed by atoms with van der Waals surface area (Å²) in [6, 6.07) is 10.1. The molecule has 0 fully saturated rings. The van der Waals surface area contributed by atoms with E-state index in [-0.39, 0.29) is 6.10 Å². The fraction of sp³-hybridized carbons (Fsp3) is 0.500. The lowest BCUT2D eigenvalue weighted by Crippen LogP contribution is -2.12. The maximum Gasteiger partial charge on any atom is 0.147 e. The minimum atomic E-state index is 0.118. The Bertz CT molecular complexity index is 308. The first kappa shape index (κ1) is 14.9. The minimum Gasteiger partial charge on any atom is -0.351 e. The van der Waals surface area contributed by atoms with E-state index >= 15 is 0 Å². The number of unbranched alkanes of at least 4 members (excludes halogenated alkanes) is 2. The lowest BCUT2D eigenvalue weighted by molar-refractivity contribution is -0.0842. The van der Waals surface area contributed by atoms with Gasteiger partial charge in [0.1, 0.15) is 6.79 Å². The highest BCUT2D eigenvalue weighted by Crippen LogP contribution is 2.08. The second kappa shape index (κ2) is 9.86. The molecule has 0 amide bonds. The number of ether oxygens (including phenoxy) is 2. The lowest BCUT2D eigenvalue weighted by atomic mass is 10.1. The van der Waals surface area contributed by atoms with Crippen LogP contribution >= 0.6 is 0 Å². The Labute approximate surface area is 111 Å². The molecule has 0 bridgehead atoms. The average Bonchev–Trinajstić information content (AvgIpc) is 2.43. The molecule has 100 valence electrons. The van der Waals surface area contributed by atoms with Crippen LogP contribution < -0.4 is 0 Å². The Balaban J connectivity index is 2.10. The molecule has 0 aliphatic carbocycles. The van der Waals surface area contributed by atoms with Crippen LogP contribution in [0.3, 0.4) is 0 Å². The first-order chi connectivity index (χ1) is 8.86. The molecule has 0 aromatic heterocycles. The summed E-state index contributed by atoms with van der Waals surface area (Å²) in [5, 5.41) is 0. The molecule has 1 aromatic rings. The molecule has 0 saturated carbocycles. The van der Waals surface area contributed by atoms with Crippen molar-refractivity contribution in [3.63, 3.8) is 0 Å². The van der Waals surface area contributed by atoms with Crippen molar-refractivity contribution in [3.8, 4) is 0 Å². The van der Waals surface area contributed by atoms with Gasteiger partial charge in [-0.1, -0.05) is 62.6 Å². The minimum absolute atomic E-state index is 0.118. The molecule has 0 saturated heterocycles. The van der Waals surface area contributed by atoms with Crippen LogP contribution in [0.15, 0.2) is 43.0 Å². The van der Waals surface area contributed by atoms with Gasteiger partial charge in [0.2, 0.25) is 0 Å². The predicted molar refractivity (Wildman–Crippen MR) is 75.3 cm³/mol. The molecule has 0 spiro atoms. The van der Waals surface area contributed by atoms with Gasteiger partial charge in [0.25, 0.3) is 0 Å². The summed E-state index contributed by atoms with van der Waals surface area (Å²) in [4.78, 5) is 0. The average molecular weight is 248 g/mol. The highest BCUT2D eigenvalue weighted by molar-refractivity contribution is 5.13. The smallest absolute Gasteiger partial charge is 0.147 e. The first-order valence-corrected chi connectivity index (χ1v) is 6.72. The van der Waals surface area contributed by atoms with Crippen LogP contribution in [0.1, 0.15) is 38.2 Å². The van der Waals surface area contributed by atoms with Crippen molar-refractivity contribution in [3.05, 3.63) is 48.6 Å². The molecule has 2 nitrogen and oxygen atoms in total. The van der Waals surface area contributed by atoms with Gasteiger partial charge in [0, 0.05) is 0 Å². The van der Waals surface area contributed by atoms with Crippen molar-refractivity contribution in [2.24, 2.45) is 0 Å². The standard InChI is InChI=1S/C16H24O2/c1-3-5-7-12-16(4-2)18-14-17-13-15-10-8-6-9-11-15/h4,6,8-11,16H,2-3,5,7,12-14H2,1H3/t16-/m0/s1. The summed E-state index contributed by atoms with van der Waals surface area (Å²) < 4.78 is 11.1. The summed E-state index contributed by atoms with van der Waals surface area (Å²) in [6.45, 7) is 6.93. The van der Waals surface area contributed by atoms with Gasteiger partial charge in [0.05, 0.1) is 12.7 Å². The second-order valence-electron chi connectivity index (χ2n) is 4.39. The topological polar surface area (TPSA) is 18.5 Å². The number of benzene rings is 1. The quantitative estimate of drug-likeness (QED) is 0.349. The highest BCUT2D eigenvalue weighted by Gasteiger charge is 2.03. The van der Waals surface area contributed by atoms with Gasteiger partial charge in [-0.05, 0) is 12.0 Å². The Morgan fingerprint density at radius 3 is 2.67 bits per heavy atom. The first-order valence-electron chi connectivity index (χ1n) is 6.72. The molecule has 1 atom stereocenters. The van der Waals surface area contributed by atoms with E-state index < -0.39 is 0 Å². The number of hydrogen-bond acceptors (Lipinski definition) is 2. The molecule has 0 heterocycles. The fourth-order valence-electron chi connectivity index (χ4n) is 1.73. The van der Waals surface area contributed by atoms with E-state index in [4.69, 9.17) is 9.47 Å². The van der Waals surface area contributed by atoms with E-state index in [1.54, 1.807) is 0 Å². The van der Waals surface area contributed by atoms with Gasteiger partial charge in [-0.25, -0.2) is 0 Å². The third-order valence-electron chi connectivity index (χ3n) is 2.83. The molecule has 0 aliphatic heterocycles. The second-order valence-corrected chi connectivity index (χ2v) is 4.39. The van der Waals surface area contributed by atoms with E-state index in [1.807, 2.05) is 36.4 Å². The van der Waals surface area contributed by atoms with Crippen molar-refractivity contribution in [2.75, 3.05) is 6.79 Å². The lowest BCUT2D eigenvalue weighted by Gasteiger charge is -2.13. The summed E-state index contributed by atoms with van der Waals surface area (Å²) >= 11 is 0. The van der Waals surface area contributed by atoms with Gasteiger partial charge in [-0.2, -0.15) is 0 Å². The van der Waals surface area contributed by atoms with Crippen LogP contribution in [0, 0.1) is 0 Å². The van der Waals surface area contributed by atoms with E-state index in [2.05, 4.69) is 13.5 Å². The van der Waals surface area contributed by atoms with Crippen molar-refractivity contribution in [2.45, 2.75) is 45.3 Å². The van der Waals surface area contributed by atoms with Crippen LogP contribution in [-0.4, -0.2) is 12.9 Å². The maximum absolute atomic E-state index is 5.62. The highest BCUT2D eigenvalue weighted by atomic mass is 16.7. The zero-order chi connectivity index (χ0) is 13.1. The summed E-state index contributed by atoms with van der Waals surface area (Å²) in [7, 11) is 0. The molecule has 2 heteroatoms. The monoisotopic (exact) mass is 248 g/mol. The zero-order valence-corrected chi connectivity index (χ0v) is 11.3. The molecule has 0 radical (unpaired) electrons. The Hall–Kier alpha value is -1.12. The fourth-order valence-corrected chi connectivity index (χ4v) is 1.73. The molecular formula is C16H24O2. The van der Waals surface area contributed by atoms with Crippen molar-refractivity contribution in [1.29, 1.82) is 0 Å². The number of rotatable bonds is 10. The number of hydrogen-bond donors (Lipinski definition) is 0.